The molecule has 1 atom stereocenters. The van der Waals surface area contributed by atoms with Crippen LogP contribution >= 0.6 is 0 Å². The molecule has 6 heteroatoms. The van der Waals surface area contributed by atoms with Crippen molar-refractivity contribution in [1.29, 1.82) is 0 Å². The summed E-state index contributed by atoms with van der Waals surface area (Å²) in [6.45, 7) is 4.24. The van der Waals surface area contributed by atoms with Crippen LogP contribution in [-0.4, -0.2) is 35.9 Å². The summed E-state index contributed by atoms with van der Waals surface area (Å²) in [7, 11) is 1.59. The minimum atomic E-state index is -0.883. The van der Waals surface area contributed by atoms with Crippen molar-refractivity contribution in [3.05, 3.63) is 33.9 Å². The number of nitrogens with one attached hydrogen (secondary N) is 1. The van der Waals surface area contributed by atoms with E-state index in [-0.39, 0.29) is 5.69 Å². The molecule has 0 aliphatic heterocycles. The second-order valence-electron chi connectivity index (χ2n) is 4.85. The summed E-state index contributed by atoms with van der Waals surface area (Å²) in [5, 5.41) is 23.8. The minimum absolute atomic E-state index is 0.0942. The van der Waals surface area contributed by atoms with E-state index in [0.29, 0.717) is 25.1 Å². The van der Waals surface area contributed by atoms with Crippen LogP contribution in [0.4, 0.5) is 11.4 Å². The number of nitro benzene ring substituents is 1. The van der Waals surface area contributed by atoms with Gasteiger partial charge in [0.05, 0.1) is 10.5 Å². The lowest BCUT2D eigenvalue weighted by Gasteiger charge is -2.23. The first-order valence-corrected chi connectivity index (χ1v) is 6.06. The summed E-state index contributed by atoms with van der Waals surface area (Å²) >= 11 is 0. The SMILES string of the molecule is COCCC(C)(O)CNc1ccc([N+](=O)[O-])c(C)c1. The van der Waals surface area contributed by atoms with Crippen molar-refractivity contribution in [1.82, 2.24) is 0 Å². The van der Waals surface area contributed by atoms with Gasteiger partial charge in [-0.1, -0.05) is 0 Å². The van der Waals surface area contributed by atoms with Gasteiger partial charge in [0.2, 0.25) is 0 Å². The Morgan fingerprint density at radius 3 is 2.74 bits per heavy atom. The lowest BCUT2D eigenvalue weighted by atomic mass is 10.0. The Morgan fingerprint density at radius 1 is 1.53 bits per heavy atom. The first-order valence-electron chi connectivity index (χ1n) is 6.06. The summed E-state index contributed by atoms with van der Waals surface area (Å²) < 4.78 is 4.93. The minimum Gasteiger partial charge on any atom is -0.388 e. The number of rotatable bonds is 7. The van der Waals surface area contributed by atoms with Crippen LogP contribution in [0.25, 0.3) is 0 Å². The van der Waals surface area contributed by atoms with Crippen molar-refractivity contribution in [2.45, 2.75) is 25.9 Å². The molecule has 0 saturated carbocycles. The normalized spacial score (nSPS) is 13.9. The van der Waals surface area contributed by atoms with Crippen molar-refractivity contribution in [2.24, 2.45) is 0 Å². The van der Waals surface area contributed by atoms with Crippen molar-refractivity contribution < 1.29 is 14.8 Å². The topological polar surface area (TPSA) is 84.6 Å². The van der Waals surface area contributed by atoms with Gasteiger partial charge in [0.1, 0.15) is 0 Å². The highest BCUT2D eigenvalue weighted by molar-refractivity contribution is 5.53. The number of nitro groups is 1. The van der Waals surface area contributed by atoms with Crippen molar-refractivity contribution in [3.63, 3.8) is 0 Å². The van der Waals surface area contributed by atoms with E-state index in [9.17, 15) is 15.2 Å². The maximum Gasteiger partial charge on any atom is 0.272 e. The fourth-order valence-electron chi connectivity index (χ4n) is 1.67. The van der Waals surface area contributed by atoms with Crippen molar-refractivity contribution in [2.75, 3.05) is 25.6 Å². The molecular weight excluding hydrogens is 248 g/mol. The molecule has 106 valence electrons. The van der Waals surface area contributed by atoms with Gasteiger partial charge in [0.25, 0.3) is 5.69 Å². The largest absolute Gasteiger partial charge is 0.388 e. The Bertz CT molecular complexity index is 446. The van der Waals surface area contributed by atoms with E-state index >= 15 is 0 Å². The van der Waals surface area contributed by atoms with E-state index in [4.69, 9.17) is 4.74 Å². The van der Waals surface area contributed by atoms with Gasteiger partial charge in [-0.3, -0.25) is 10.1 Å². The van der Waals surface area contributed by atoms with E-state index in [2.05, 4.69) is 5.32 Å². The third-order valence-electron chi connectivity index (χ3n) is 2.91. The van der Waals surface area contributed by atoms with Crippen LogP contribution in [0.15, 0.2) is 18.2 Å². The number of aryl methyl sites for hydroxylation is 1. The standard InChI is InChI=1S/C13H20N2O4/c1-10-8-11(4-5-12(10)15(17)18)14-9-13(2,16)6-7-19-3/h4-5,8,14,16H,6-7,9H2,1-3H3. The van der Waals surface area contributed by atoms with E-state index in [1.54, 1.807) is 33.1 Å². The molecule has 0 heterocycles. The molecule has 1 rings (SSSR count). The Kier molecular flexibility index (Phi) is 5.26. The molecule has 1 unspecified atom stereocenters. The number of aliphatic hydroxyl groups is 1. The zero-order chi connectivity index (χ0) is 14.5. The quantitative estimate of drug-likeness (QED) is 0.584. The Hall–Kier alpha value is -1.66. The molecule has 0 bridgehead atoms. The summed E-state index contributed by atoms with van der Waals surface area (Å²) in [6.07, 6.45) is 0.516. The van der Waals surface area contributed by atoms with Crippen LogP contribution in [0.5, 0.6) is 0 Å². The molecule has 0 aliphatic rings. The molecule has 0 aromatic heterocycles. The average molecular weight is 268 g/mol. The number of nitrogens with zero attached hydrogens (tertiary/aromatic N) is 1. The van der Waals surface area contributed by atoms with Crippen LogP contribution in [0.3, 0.4) is 0 Å². The van der Waals surface area contributed by atoms with Crippen molar-refractivity contribution in [3.8, 4) is 0 Å². The van der Waals surface area contributed by atoms with Crippen LogP contribution < -0.4 is 5.32 Å². The summed E-state index contributed by atoms with van der Waals surface area (Å²) in [6, 6.07) is 4.80. The molecule has 0 spiro atoms. The zero-order valence-corrected chi connectivity index (χ0v) is 11.5. The van der Waals surface area contributed by atoms with Gasteiger partial charge in [-0.25, -0.2) is 0 Å². The molecule has 0 aliphatic carbocycles. The van der Waals surface area contributed by atoms with Gasteiger partial charge >= 0.3 is 0 Å². The summed E-state index contributed by atoms with van der Waals surface area (Å²) in [4.78, 5) is 10.3. The second kappa shape index (κ2) is 6.49. The van der Waals surface area contributed by atoms with Gasteiger partial charge in [0, 0.05) is 44.0 Å². The molecule has 6 nitrogen and oxygen atoms in total. The molecule has 0 fully saturated rings. The molecule has 0 amide bonds. The van der Waals surface area contributed by atoms with Gasteiger partial charge in [-0.2, -0.15) is 0 Å². The monoisotopic (exact) mass is 268 g/mol. The molecule has 1 aromatic rings. The van der Waals surface area contributed by atoms with Crippen LogP contribution in [0.1, 0.15) is 18.9 Å². The van der Waals surface area contributed by atoms with E-state index in [1.807, 2.05) is 0 Å². The molecule has 0 saturated heterocycles. The number of hydrogen-bond acceptors (Lipinski definition) is 5. The third kappa shape index (κ3) is 4.84. The van der Waals surface area contributed by atoms with E-state index < -0.39 is 10.5 Å². The Morgan fingerprint density at radius 2 is 2.21 bits per heavy atom. The fourth-order valence-corrected chi connectivity index (χ4v) is 1.67. The number of ether oxygens (including phenoxy) is 1. The average Bonchev–Trinajstić information content (AvgIpc) is 2.34. The highest BCUT2D eigenvalue weighted by Crippen LogP contribution is 2.22. The molecule has 2 N–H and O–H groups in total. The third-order valence-corrected chi connectivity index (χ3v) is 2.91. The molecule has 19 heavy (non-hydrogen) atoms. The van der Waals surface area contributed by atoms with Crippen molar-refractivity contribution >= 4 is 11.4 Å². The predicted octanol–water partition coefficient (Wildman–Crippen LogP) is 2.10. The fraction of sp³-hybridized carbons (Fsp3) is 0.538. The van der Waals surface area contributed by atoms with Gasteiger partial charge in [-0.05, 0) is 26.0 Å². The molecular formula is C13H20N2O4. The van der Waals surface area contributed by atoms with Crippen LogP contribution in [-0.2, 0) is 4.74 Å². The van der Waals surface area contributed by atoms with Crippen LogP contribution in [0, 0.1) is 17.0 Å². The van der Waals surface area contributed by atoms with Gasteiger partial charge in [0.15, 0.2) is 0 Å². The lowest BCUT2D eigenvalue weighted by molar-refractivity contribution is -0.385. The number of anilines is 1. The Labute approximate surface area is 112 Å². The molecule has 1 aromatic carbocycles. The summed E-state index contributed by atoms with van der Waals surface area (Å²) in [5.74, 6) is 0. The van der Waals surface area contributed by atoms with E-state index in [1.165, 1.54) is 6.07 Å². The summed E-state index contributed by atoms with van der Waals surface area (Å²) in [5.41, 5.74) is 0.551. The Balaban J connectivity index is 2.63. The molecule has 0 radical (unpaired) electrons. The highest BCUT2D eigenvalue weighted by Gasteiger charge is 2.20. The number of hydrogen-bond donors (Lipinski definition) is 2. The van der Waals surface area contributed by atoms with E-state index in [0.717, 1.165) is 5.69 Å². The first-order chi connectivity index (χ1) is 8.85. The smallest absolute Gasteiger partial charge is 0.272 e. The maximum absolute atomic E-state index is 10.7. The maximum atomic E-state index is 10.7. The highest BCUT2D eigenvalue weighted by atomic mass is 16.6. The number of benzene rings is 1. The van der Waals surface area contributed by atoms with Crippen LogP contribution in [0.2, 0.25) is 0 Å². The number of methoxy groups -OCH3 is 1. The second-order valence-corrected chi connectivity index (χ2v) is 4.85. The lowest BCUT2D eigenvalue weighted by Crippen LogP contribution is -2.34. The van der Waals surface area contributed by atoms with Gasteiger partial charge in [-0.15, -0.1) is 0 Å². The van der Waals surface area contributed by atoms with Gasteiger partial charge < -0.3 is 15.2 Å². The zero-order valence-electron chi connectivity index (χ0n) is 11.5. The first kappa shape index (κ1) is 15.4. The predicted molar refractivity (Wildman–Crippen MR) is 73.4 cm³/mol.